The van der Waals surface area contributed by atoms with Crippen LogP contribution in [0.2, 0.25) is 0 Å². The van der Waals surface area contributed by atoms with E-state index in [1.807, 2.05) is 102 Å². The molecule has 3 aromatic carbocycles. The van der Waals surface area contributed by atoms with Crippen LogP contribution in [0.25, 0.3) is 21.9 Å². The summed E-state index contributed by atoms with van der Waals surface area (Å²) in [5, 5.41) is 12.0. The smallest absolute Gasteiger partial charge is 0.224 e. The van der Waals surface area contributed by atoms with Crippen LogP contribution >= 0.6 is 0 Å². The third-order valence-corrected chi connectivity index (χ3v) is 7.14. The minimum Gasteiger partial charge on any atom is -0.512 e. The van der Waals surface area contributed by atoms with Crippen LogP contribution in [-0.4, -0.2) is 15.9 Å². The molecular weight excluding hydrogens is 663 g/mol. The summed E-state index contributed by atoms with van der Waals surface area (Å²) in [7, 11) is 0. The van der Waals surface area contributed by atoms with E-state index in [1.54, 1.807) is 6.20 Å². The zero-order valence-electron chi connectivity index (χ0n) is 23.6. The maximum absolute atomic E-state index is 11.8. The Hall–Kier alpha value is -3.27. The Labute approximate surface area is 246 Å². The molecule has 0 spiro atoms. The zero-order valence-corrected chi connectivity index (χ0v) is 26.0. The molecule has 0 aliphatic heterocycles. The molecule has 207 valence electrons. The Morgan fingerprint density at radius 2 is 1.54 bits per heavy atom. The second kappa shape index (κ2) is 14.2. The Bertz CT molecular complexity index is 1380. The topological polar surface area (TPSA) is 59.4 Å². The molecule has 0 aliphatic rings. The number of hydrogen-bond donors (Lipinski definition) is 1. The molecule has 0 saturated heterocycles. The van der Waals surface area contributed by atoms with E-state index >= 15 is 0 Å². The van der Waals surface area contributed by atoms with Gasteiger partial charge in [-0.3, -0.25) is 4.79 Å². The molecule has 0 atom stereocenters. The number of carbonyl (C=O) groups is 1. The molecule has 1 heterocycles. The van der Waals surface area contributed by atoms with E-state index in [-0.39, 0.29) is 42.5 Å². The summed E-state index contributed by atoms with van der Waals surface area (Å²) in [6, 6.07) is 29.2. The average Bonchev–Trinajstić information content (AvgIpc) is 2.94. The number of aromatic nitrogens is 1. The summed E-state index contributed by atoms with van der Waals surface area (Å²) < 4.78 is 5.92. The molecule has 39 heavy (non-hydrogen) atoms. The van der Waals surface area contributed by atoms with Crippen molar-refractivity contribution >= 4 is 16.6 Å². The van der Waals surface area contributed by atoms with Crippen LogP contribution in [0, 0.1) is 16.9 Å². The Kier molecular flexibility index (Phi) is 11.6. The normalized spacial score (nSPS) is 11.7. The first-order chi connectivity index (χ1) is 18.1. The number of aliphatic hydroxyl groups is 1. The third kappa shape index (κ3) is 8.35. The van der Waals surface area contributed by atoms with Crippen molar-refractivity contribution in [1.82, 2.24) is 4.98 Å². The number of ketones is 1. The van der Waals surface area contributed by atoms with Crippen LogP contribution in [0.15, 0.2) is 96.9 Å². The molecule has 1 N–H and O–H groups in total. The van der Waals surface area contributed by atoms with Gasteiger partial charge in [0.1, 0.15) is 5.76 Å². The number of allylic oxidation sites excluding steroid dienone is 2. The number of pyridine rings is 1. The summed E-state index contributed by atoms with van der Waals surface area (Å²) in [4.78, 5) is 16.2. The Balaban J connectivity index is 0.000000294. The van der Waals surface area contributed by atoms with Crippen LogP contribution in [-0.2, 0) is 24.9 Å². The van der Waals surface area contributed by atoms with Crippen molar-refractivity contribution in [2.75, 3.05) is 0 Å². The van der Waals surface area contributed by atoms with Gasteiger partial charge < -0.3 is 9.84 Å². The standard InChI is InChI=1S/C21H14NO.C13H24O2.Ir/c1-3-8-16(9-4-1)18-12-7-13-20-19(18)14-15-22-21(20)23-17-10-5-2-6-11-17;1-7-12(3,4)10(14)9-11(15)13(5,6)8-2;/h1-10,12-15H;9,14H,7-8H2,1-6H3;/q-1;;/b;10-9-;. The van der Waals surface area contributed by atoms with E-state index in [0.717, 1.165) is 23.6 Å². The van der Waals surface area contributed by atoms with Gasteiger partial charge in [-0.2, -0.15) is 18.2 Å². The van der Waals surface area contributed by atoms with E-state index in [9.17, 15) is 9.90 Å². The van der Waals surface area contributed by atoms with Crippen LogP contribution in [0.5, 0.6) is 11.6 Å². The zero-order chi connectivity index (χ0) is 27.8. The molecule has 0 saturated carbocycles. The van der Waals surface area contributed by atoms with Crippen molar-refractivity contribution in [3.63, 3.8) is 0 Å². The molecule has 4 nitrogen and oxygen atoms in total. The van der Waals surface area contributed by atoms with E-state index in [4.69, 9.17) is 4.74 Å². The van der Waals surface area contributed by atoms with Gasteiger partial charge in [-0.1, -0.05) is 84.0 Å². The quantitative estimate of drug-likeness (QED) is 0.113. The number of carbonyl (C=O) groups excluding carboxylic acids is 1. The van der Waals surface area contributed by atoms with Crippen LogP contribution in [0.4, 0.5) is 0 Å². The number of para-hydroxylation sites is 1. The maximum Gasteiger partial charge on any atom is 0.224 e. The summed E-state index contributed by atoms with van der Waals surface area (Å²) in [6.07, 6.45) is 4.78. The van der Waals surface area contributed by atoms with Crippen molar-refractivity contribution in [3.05, 3.63) is 103 Å². The van der Waals surface area contributed by atoms with Crippen molar-refractivity contribution in [1.29, 1.82) is 0 Å². The molecule has 0 bridgehead atoms. The number of aliphatic hydroxyl groups excluding tert-OH is 1. The van der Waals surface area contributed by atoms with Crippen molar-refractivity contribution in [2.24, 2.45) is 10.8 Å². The third-order valence-electron chi connectivity index (χ3n) is 7.14. The average molecular weight is 701 g/mol. The van der Waals surface area contributed by atoms with Gasteiger partial charge in [0.2, 0.25) is 5.88 Å². The van der Waals surface area contributed by atoms with Gasteiger partial charge in [-0.15, -0.1) is 12.1 Å². The number of benzene rings is 3. The molecule has 0 amide bonds. The number of fused-ring (bicyclic) bond motifs is 1. The molecule has 0 fully saturated rings. The number of hydrogen-bond acceptors (Lipinski definition) is 4. The molecule has 4 rings (SSSR count). The van der Waals surface area contributed by atoms with Crippen molar-refractivity contribution < 1.29 is 34.7 Å². The van der Waals surface area contributed by atoms with E-state index in [2.05, 4.69) is 29.2 Å². The first-order valence-electron chi connectivity index (χ1n) is 13.1. The molecule has 4 aromatic rings. The van der Waals surface area contributed by atoms with Gasteiger partial charge in [-0.05, 0) is 41.5 Å². The molecule has 1 radical (unpaired) electrons. The second-order valence-corrected chi connectivity index (χ2v) is 10.6. The molecule has 0 aliphatic carbocycles. The summed E-state index contributed by atoms with van der Waals surface area (Å²) in [5.74, 6) is 1.46. The van der Waals surface area contributed by atoms with Gasteiger partial charge in [0.15, 0.2) is 5.78 Å². The fourth-order valence-electron chi connectivity index (χ4n) is 3.55. The number of rotatable bonds is 8. The first-order valence-corrected chi connectivity index (χ1v) is 13.1. The van der Waals surface area contributed by atoms with Gasteiger partial charge in [0.05, 0.1) is 0 Å². The minimum absolute atomic E-state index is 0. The van der Waals surface area contributed by atoms with Gasteiger partial charge >= 0.3 is 0 Å². The molecule has 0 unspecified atom stereocenters. The molecular formula is C34H38IrNO3-. The predicted molar refractivity (Wildman–Crippen MR) is 156 cm³/mol. The summed E-state index contributed by atoms with van der Waals surface area (Å²) in [6.45, 7) is 11.7. The fraction of sp³-hybridized carbons (Fsp3) is 0.294. The van der Waals surface area contributed by atoms with E-state index < -0.39 is 0 Å². The Morgan fingerprint density at radius 1 is 0.872 bits per heavy atom. The second-order valence-electron chi connectivity index (χ2n) is 10.6. The maximum atomic E-state index is 11.8. The van der Waals surface area contributed by atoms with Crippen molar-refractivity contribution in [2.45, 2.75) is 54.4 Å². The van der Waals surface area contributed by atoms with E-state index in [1.165, 1.54) is 17.2 Å². The summed E-state index contributed by atoms with van der Waals surface area (Å²) in [5.41, 5.74) is 1.67. The summed E-state index contributed by atoms with van der Waals surface area (Å²) >= 11 is 0. The Morgan fingerprint density at radius 3 is 2.15 bits per heavy atom. The fourth-order valence-corrected chi connectivity index (χ4v) is 3.55. The van der Waals surface area contributed by atoms with Gasteiger partial charge in [0, 0.05) is 54.3 Å². The van der Waals surface area contributed by atoms with Crippen LogP contribution in [0.3, 0.4) is 0 Å². The molecule has 1 aromatic heterocycles. The predicted octanol–water partition coefficient (Wildman–Crippen LogP) is 9.36. The molecule has 5 heteroatoms. The van der Waals surface area contributed by atoms with Gasteiger partial charge in [-0.25, -0.2) is 4.98 Å². The van der Waals surface area contributed by atoms with E-state index in [0.29, 0.717) is 11.6 Å². The number of nitrogens with zero attached hydrogens (tertiary/aromatic N) is 1. The monoisotopic (exact) mass is 701 g/mol. The SMILES string of the molecule is CCC(C)(C)C(=O)/C=C(\O)C(C)(C)CC.[Ir].[c-]1ccccc1Oc1nccc2c(-c3ccccc3)cccc12. The minimum atomic E-state index is -0.377. The van der Waals surface area contributed by atoms with Crippen molar-refractivity contribution in [3.8, 4) is 22.8 Å². The van der Waals surface area contributed by atoms with Crippen LogP contribution in [0.1, 0.15) is 54.4 Å². The first kappa shape index (κ1) is 31.9. The number of ether oxygens (including phenoxy) is 1. The van der Waals surface area contributed by atoms with Crippen LogP contribution < -0.4 is 4.74 Å². The van der Waals surface area contributed by atoms with Gasteiger partial charge in [0.25, 0.3) is 0 Å². The largest absolute Gasteiger partial charge is 0.512 e.